The van der Waals surface area contributed by atoms with Crippen LogP contribution in [0.4, 0.5) is 17.7 Å². The lowest BCUT2D eigenvalue weighted by molar-refractivity contribution is -0.0664. The lowest BCUT2D eigenvalue weighted by Gasteiger charge is -2.03. The molecule has 1 rings (SSSR count). The molecule has 0 amide bonds. The van der Waals surface area contributed by atoms with Gasteiger partial charge < -0.3 is 0 Å². The van der Waals surface area contributed by atoms with Gasteiger partial charge in [-0.3, -0.25) is 0 Å². The molecular weight excluding hydrogens is 140 g/mol. The zero-order valence-electron chi connectivity index (χ0n) is 4.06. The standard InChI is InChI=1S/C3H2F4N2/c4-2-3(5)9(7)1-8(2)6/h2-3H. The number of alkyl halides is 2. The van der Waals surface area contributed by atoms with Crippen molar-refractivity contribution in [1.82, 2.24) is 10.2 Å². The second-order valence-corrected chi connectivity index (χ2v) is 1.47. The van der Waals surface area contributed by atoms with E-state index in [1.165, 1.54) is 0 Å². The van der Waals surface area contributed by atoms with E-state index in [9.17, 15) is 17.7 Å². The summed E-state index contributed by atoms with van der Waals surface area (Å²) >= 11 is 0. The first-order chi connectivity index (χ1) is 4.13. The second-order valence-electron chi connectivity index (χ2n) is 1.47. The number of nitrogens with zero attached hydrogens (tertiary/aromatic N) is 2. The van der Waals surface area contributed by atoms with Crippen LogP contribution in [0.2, 0.25) is 0 Å². The van der Waals surface area contributed by atoms with Crippen molar-refractivity contribution < 1.29 is 17.7 Å². The Balaban J connectivity index is 2.54. The molecule has 0 aromatic heterocycles. The van der Waals surface area contributed by atoms with E-state index in [4.69, 9.17) is 0 Å². The smallest absolute Gasteiger partial charge is 0.223 e. The van der Waals surface area contributed by atoms with Crippen molar-refractivity contribution in [3.05, 3.63) is 6.67 Å². The fraction of sp³-hybridized carbons (Fsp3) is 0.667. The molecule has 0 N–H and O–H groups in total. The van der Waals surface area contributed by atoms with Crippen molar-refractivity contribution in [3.8, 4) is 0 Å². The van der Waals surface area contributed by atoms with Crippen LogP contribution in [0.25, 0.3) is 0 Å². The van der Waals surface area contributed by atoms with Gasteiger partial charge >= 0.3 is 0 Å². The third kappa shape index (κ3) is 0.994. The van der Waals surface area contributed by atoms with Crippen molar-refractivity contribution in [2.45, 2.75) is 12.6 Å². The molecule has 0 saturated carbocycles. The van der Waals surface area contributed by atoms with Gasteiger partial charge in [-0.15, -0.1) is 8.96 Å². The largest absolute Gasteiger partial charge is 0.229 e. The zero-order chi connectivity index (χ0) is 7.02. The molecule has 2 radical (unpaired) electrons. The van der Waals surface area contributed by atoms with Crippen molar-refractivity contribution in [1.29, 1.82) is 0 Å². The molecule has 1 saturated heterocycles. The Morgan fingerprint density at radius 3 is 1.44 bits per heavy atom. The van der Waals surface area contributed by atoms with Crippen LogP contribution in [0.3, 0.4) is 0 Å². The molecule has 0 spiro atoms. The monoisotopic (exact) mass is 142 g/mol. The summed E-state index contributed by atoms with van der Waals surface area (Å²) in [6, 6.07) is 0. The summed E-state index contributed by atoms with van der Waals surface area (Å²) in [5.41, 5.74) is 0. The van der Waals surface area contributed by atoms with Gasteiger partial charge in [0.2, 0.25) is 19.3 Å². The van der Waals surface area contributed by atoms with Crippen LogP contribution in [0, 0.1) is 6.67 Å². The summed E-state index contributed by atoms with van der Waals surface area (Å²) in [6.07, 6.45) is -5.20. The van der Waals surface area contributed by atoms with E-state index in [1.54, 1.807) is 0 Å². The molecule has 2 nitrogen and oxygen atoms in total. The summed E-state index contributed by atoms with van der Waals surface area (Å²) in [7, 11) is 0. The zero-order valence-corrected chi connectivity index (χ0v) is 4.06. The van der Waals surface area contributed by atoms with Crippen molar-refractivity contribution in [2.75, 3.05) is 0 Å². The minimum absolute atomic E-state index is 0.801. The number of hydrogen-bond acceptors (Lipinski definition) is 2. The minimum Gasteiger partial charge on any atom is -0.223 e. The normalized spacial score (nSPS) is 40.0. The van der Waals surface area contributed by atoms with Gasteiger partial charge in [0, 0.05) is 0 Å². The Morgan fingerprint density at radius 2 is 1.33 bits per heavy atom. The van der Waals surface area contributed by atoms with Crippen LogP contribution in [0.1, 0.15) is 0 Å². The molecule has 2 atom stereocenters. The van der Waals surface area contributed by atoms with E-state index in [2.05, 4.69) is 0 Å². The van der Waals surface area contributed by atoms with E-state index in [0.29, 0.717) is 0 Å². The molecule has 0 bridgehead atoms. The highest BCUT2D eigenvalue weighted by atomic mass is 19.2. The van der Waals surface area contributed by atoms with Crippen LogP contribution in [0.5, 0.6) is 0 Å². The molecule has 1 aliphatic heterocycles. The maximum absolute atomic E-state index is 11.8. The van der Waals surface area contributed by atoms with Crippen LogP contribution in [-0.2, 0) is 0 Å². The number of rotatable bonds is 0. The third-order valence-corrected chi connectivity index (χ3v) is 0.851. The first-order valence-electron chi connectivity index (χ1n) is 2.07. The summed E-state index contributed by atoms with van der Waals surface area (Å²) in [4.78, 5) is 0. The molecule has 1 aliphatic rings. The maximum atomic E-state index is 11.8. The van der Waals surface area contributed by atoms with Crippen LogP contribution in [0.15, 0.2) is 0 Å². The molecule has 9 heavy (non-hydrogen) atoms. The lowest BCUT2D eigenvalue weighted by Crippen LogP contribution is -2.23. The van der Waals surface area contributed by atoms with E-state index in [0.717, 1.165) is 6.67 Å². The first kappa shape index (κ1) is 6.76. The molecule has 0 aromatic rings. The van der Waals surface area contributed by atoms with Crippen LogP contribution < -0.4 is 0 Å². The number of hydrogen-bond donors (Lipinski definition) is 0. The molecule has 2 unspecified atom stereocenters. The Hall–Kier alpha value is -0.360. The summed E-state index contributed by atoms with van der Waals surface area (Å²) in [5, 5.41) is -1.60. The Bertz CT molecular complexity index is 98.0. The molecule has 0 aliphatic carbocycles. The van der Waals surface area contributed by atoms with Gasteiger partial charge in [-0.25, -0.2) is 8.78 Å². The van der Waals surface area contributed by atoms with E-state index < -0.39 is 22.8 Å². The predicted molar refractivity (Wildman–Crippen MR) is 18.9 cm³/mol. The van der Waals surface area contributed by atoms with Gasteiger partial charge in [0.25, 0.3) is 0 Å². The van der Waals surface area contributed by atoms with Crippen LogP contribution >= 0.6 is 0 Å². The van der Waals surface area contributed by atoms with E-state index in [-0.39, 0.29) is 0 Å². The Labute approximate surface area is 48.5 Å². The van der Waals surface area contributed by atoms with Crippen molar-refractivity contribution >= 4 is 0 Å². The fourth-order valence-corrected chi connectivity index (χ4v) is 0.418. The van der Waals surface area contributed by atoms with E-state index in [1.807, 2.05) is 0 Å². The van der Waals surface area contributed by atoms with Gasteiger partial charge in [-0.05, 0) is 0 Å². The third-order valence-electron chi connectivity index (χ3n) is 0.851. The second kappa shape index (κ2) is 2.11. The quantitative estimate of drug-likeness (QED) is 0.282. The van der Waals surface area contributed by atoms with E-state index >= 15 is 0 Å². The van der Waals surface area contributed by atoms with Gasteiger partial charge in [-0.1, -0.05) is 10.2 Å². The average molecular weight is 142 g/mol. The van der Waals surface area contributed by atoms with Gasteiger partial charge in [0.05, 0.1) is 0 Å². The highest BCUT2D eigenvalue weighted by Gasteiger charge is 2.43. The lowest BCUT2D eigenvalue weighted by atomic mass is 10.6. The van der Waals surface area contributed by atoms with Crippen molar-refractivity contribution in [2.24, 2.45) is 0 Å². The first-order valence-corrected chi connectivity index (χ1v) is 2.07. The highest BCUT2D eigenvalue weighted by molar-refractivity contribution is 4.76. The van der Waals surface area contributed by atoms with Gasteiger partial charge in [-0.2, -0.15) is 0 Å². The predicted octanol–water partition coefficient (Wildman–Crippen LogP) is 0.960. The molecule has 1 heterocycles. The topological polar surface area (TPSA) is 6.48 Å². The fourth-order valence-electron chi connectivity index (χ4n) is 0.418. The van der Waals surface area contributed by atoms with Crippen molar-refractivity contribution in [3.63, 3.8) is 0 Å². The minimum atomic E-state index is -2.60. The molecular formula is C3H2F4N2. The summed E-state index contributed by atoms with van der Waals surface area (Å²) in [5.74, 6) is 0. The van der Waals surface area contributed by atoms with Gasteiger partial charge in [0.1, 0.15) is 0 Å². The summed E-state index contributed by atoms with van der Waals surface area (Å²) < 4.78 is 46.9. The molecule has 6 heteroatoms. The average Bonchev–Trinajstić information content (AvgIpc) is 1.98. The van der Waals surface area contributed by atoms with Gasteiger partial charge in [0.15, 0.2) is 0 Å². The molecule has 1 fully saturated rings. The Morgan fingerprint density at radius 1 is 1.00 bits per heavy atom. The Kier molecular flexibility index (Phi) is 1.58. The maximum Gasteiger partial charge on any atom is 0.229 e. The SMILES string of the molecule is FC1C(F)N(F)[C]N1F. The molecule has 52 valence electrons. The van der Waals surface area contributed by atoms with Crippen LogP contribution in [-0.4, -0.2) is 22.8 Å². The highest BCUT2D eigenvalue weighted by Crippen LogP contribution is 2.26. The molecule has 0 aromatic carbocycles. The number of halogens is 4. The summed E-state index contributed by atoms with van der Waals surface area (Å²) in [6.45, 7) is 1.10.